The van der Waals surface area contributed by atoms with Gasteiger partial charge in [0.15, 0.2) is 5.96 Å². The second kappa shape index (κ2) is 10.2. The van der Waals surface area contributed by atoms with Crippen molar-refractivity contribution in [3.63, 3.8) is 0 Å². The second-order valence-electron chi connectivity index (χ2n) is 8.09. The number of amides is 1. The van der Waals surface area contributed by atoms with Crippen LogP contribution in [0, 0.1) is 6.92 Å². The molecule has 6 nitrogen and oxygen atoms in total. The number of carbonyl (C=O) groups is 1. The Kier molecular flexibility index (Phi) is 8.60. The molecule has 27 heavy (non-hydrogen) atoms. The van der Waals surface area contributed by atoms with Gasteiger partial charge in [-0.05, 0) is 52.7 Å². The van der Waals surface area contributed by atoms with Crippen LogP contribution in [0.25, 0.3) is 0 Å². The maximum absolute atomic E-state index is 11.9. The molecular formula is C21H36N4O2. The van der Waals surface area contributed by atoms with E-state index in [-0.39, 0.29) is 24.1 Å². The highest BCUT2D eigenvalue weighted by Crippen LogP contribution is 2.25. The highest BCUT2D eigenvalue weighted by molar-refractivity contribution is 5.86. The third-order valence-corrected chi connectivity index (χ3v) is 3.95. The summed E-state index contributed by atoms with van der Waals surface area (Å²) in [6, 6.07) is 6.41. The van der Waals surface area contributed by atoms with Crippen LogP contribution in [-0.4, -0.2) is 49.0 Å². The number of aliphatic imine (C=N–C) groups is 1. The number of rotatable bonds is 7. The van der Waals surface area contributed by atoms with Gasteiger partial charge in [0, 0.05) is 25.7 Å². The van der Waals surface area contributed by atoms with Gasteiger partial charge in [0.05, 0.1) is 13.1 Å². The lowest BCUT2D eigenvalue weighted by atomic mass is 10.1. The Morgan fingerprint density at radius 1 is 1.30 bits per heavy atom. The minimum atomic E-state index is -0.277. The average Bonchev–Trinajstić information content (AvgIpc) is 2.56. The number of carbonyl (C=O) groups excluding carboxylic acids is 1. The summed E-state index contributed by atoms with van der Waals surface area (Å²) in [5.41, 5.74) is 1.88. The molecule has 0 saturated carbocycles. The van der Waals surface area contributed by atoms with Gasteiger partial charge in [0.2, 0.25) is 5.91 Å². The van der Waals surface area contributed by atoms with Gasteiger partial charge in [-0.3, -0.25) is 4.79 Å². The van der Waals surface area contributed by atoms with Crippen LogP contribution < -0.4 is 15.4 Å². The Morgan fingerprint density at radius 3 is 2.52 bits per heavy atom. The number of hydrogen-bond acceptors (Lipinski definition) is 3. The number of aryl methyl sites for hydroxylation is 1. The first-order valence-corrected chi connectivity index (χ1v) is 9.55. The van der Waals surface area contributed by atoms with Crippen LogP contribution in [0.1, 0.15) is 52.2 Å². The van der Waals surface area contributed by atoms with Crippen LogP contribution >= 0.6 is 0 Å². The Hall–Kier alpha value is -2.24. The zero-order valence-corrected chi connectivity index (χ0v) is 18.1. The molecule has 0 aromatic heterocycles. The summed E-state index contributed by atoms with van der Waals surface area (Å²) in [7, 11) is 3.48. The van der Waals surface area contributed by atoms with Crippen LogP contribution in [0.2, 0.25) is 0 Å². The van der Waals surface area contributed by atoms with Crippen LogP contribution in [0.4, 0.5) is 0 Å². The maximum atomic E-state index is 11.9. The van der Waals surface area contributed by atoms with Gasteiger partial charge in [-0.1, -0.05) is 19.1 Å². The highest BCUT2D eigenvalue weighted by Gasteiger charge is 2.15. The molecule has 1 atom stereocenters. The van der Waals surface area contributed by atoms with E-state index in [0.717, 1.165) is 23.3 Å². The van der Waals surface area contributed by atoms with E-state index in [2.05, 4.69) is 35.5 Å². The highest BCUT2D eigenvalue weighted by atomic mass is 16.5. The van der Waals surface area contributed by atoms with Crippen molar-refractivity contribution in [3.05, 3.63) is 29.3 Å². The molecule has 1 aromatic rings. The van der Waals surface area contributed by atoms with Gasteiger partial charge in [-0.15, -0.1) is 0 Å². The van der Waals surface area contributed by atoms with Crippen molar-refractivity contribution in [2.75, 3.05) is 20.6 Å². The van der Waals surface area contributed by atoms with Gasteiger partial charge in [0.25, 0.3) is 0 Å². The predicted molar refractivity (Wildman–Crippen MR) is 112 cm³/mol. The maximum Gasteiger partial charge on any atom is 0.241 e. The quantitative estimate of drug-likeness (QED) is 0.567. The van der Waals surface area contributed by atoms with Crippen molar-refractivity contribution >= 4 is 11.9 Å². The van der Waals surface area contributed by atoms with Gasteiger partial charge in [-0.2, -0.15) is 0 Å². The predicted octanol–water partition coefficient (Wildman–Crippen LogP) is 3.09. The topological polar surface area (TPSA) is 66.0 Å². The first-order valence-electron chi connectivity index (χ1n) is 9.55. The SMILES string of the molecule is CCC(C)NC(=NCc1ccc(C)cc1OC(C)(C)C)NCC(=O)N(C)C. The van der Waals surface area contributed by atoms with E-state index in [1.807, 2.05) is 39.8 Å². The number of ether oxygens (including phenoxy) is 1. The monoisotopic (exact) mass is 376 g/mol. The number of nitrogens with zero attached hydrogens (tertiary/aromatic N) is 2. The third kappa shape index (κ3) is 8.80. The molecule has 0 aliphatic rings. The number of guanidine groups is 1. The van der Waals surface area contributed by atoms with Gasteiger partial charge in [0.1, 0.15) is 11.4 Å². The van der Waals surface area contributed by atoms with E-state index in [1.165, 1.54) is 0 Å². The summed E-state index contributed by atoms with van der Waals surface area (Å²) >= 11 is 0. The van der Waals surface area contributed by atoms with Crippen molar-refractivity contribution in [3.8, 4) is 5.75 Å². The first-order chi connectivity index (χ1) is 12.5. The lowest BCUT2D eigenvalue weighted by Gasteiger charge is -2.23. The summed E-state index contributed by atoms with van der Waals surface area (Å²) < 4.78 is 6.11. The number of hydrogen-bond donors (Lipinski definition) is 2. The molecule has 1 amide bonds. The average molecular weight is 377 g/mol. The van der Waals surface area contributed by atoms with E-state index >= 15 is 0 Å². The van der Waals surface area contributed by atoms with Crippen LogP contribution in [0.15, 0.2) is 23.2 Å². The molecule has 0 bridgehead atoms. The van der Waals surface area contributed by atoms with E-state index in [4.69, 9.17) is 4.74 Å². The molecule has 1 aromatic carbocycles. The molecule has 0 saturated heterocycles. The van der Waals surface area contributed by atoms with E-state index in [9.17, 15) is 4.79 Å². The number of likely N-dealkylation sites (N-methyl/N-ethyl adjacent to an activating group) is 1. The van der Waals surface area contributed by atoms with E-state index in [1.54, 1.807) is 19.0 Å². The van der Waals surface area contributed by atoms with Crippen molar-refractivity contribution < 1.29 is 9.53 Å². The van der Waals surface area contributed by atoms with Crippen LogP contribution in [0.5, 0.6) is 5.75 Å². The molecule has 0 heterocycles. The Balaban J connectivity index is 2.98. The smallest absolute Gasteiger partial charge is 0.241 e. The molecule has 0 aliphatic heterocycles. The summed E-state index contributed by atoms with van der Waals surface area (Å²) in [6.45, 7) is 13.0. The van der Waals surface area contributed by atoms with Gasteiger partial charge in [-0.25, -0.2) is 4.99 Å². The van der Waals surface area contributed by atoms with Gasteiger partial charge >= 0.3 is 0 Å². The molecule has 1 rings (SSSR count). The lowest BCUT2D eigenvalue weighted by molar-refractivity contribution is -0.127. The van der Waals surface area contributed by atoms with Gasteiger partial charge < -0.3 is 20.3 Å². The Labute approximate surface area is 164 Å². The zero-order valence-electron chi connectivity index (χ0n) is 18.1. The van der Waals surface area contributed by atoms with Crippen molar-refractivity contribution in [1.82, 2.24) is 15.5 Å². The fourth-order valence-corrected chi connectivity index (χ4v) is 2.19. The number of benzene rings is 1. The molecule has 0 spiro atoms. The molecule has 2 N–H and O–H groups in total. The lowest BCUT2D eigenvalue weighted by Crippen LogP contribution is -2.45. The minimum absolute atomic E-state index is 0.000687. The summed E-state index contributed by atoms with van der Waals surface area (Å²) in [5, 5.41) is 6.46. The molecule has 0 fully saturated rings. The summed E-state index contributed by atoms with van der Waals surface area (Å²) in [6.07, 6.45) is 0.964. The summed E-state index contributed by atoms with van der Waals surface area (Å²) in [5.74, 6) is 1.47. The minimum Gasteiger partial charge on any atom is -0.488 e. The zero-order chi connectivity index (χ0) is 20.6. The number of nitrogens with one attached hydrogen (secondary N) is 2. The molecule has 6 heteroatoms. The van der Waals surface area contributed by atoms with E-state index < -0.39 is 0 Å². The largest absolute Gasteiger partial charge is 0.488 e. The van der Waals surface area contributed by atoms with Crippen molar-refractivity contribution in [2.45, 2.75) is 66.2 Å². The second-order valence-corrected chi connectivity index (χ2v) is 8.09. The van der Waals surface area contributed by atoms with Crippen molar-refractivity contribution in [2.24, 2.45) is 4.99 Å². The molecule has 0 radical (unpaired) electrons. The fourth-order valence-electron chi connectivity index (χ4n) is 2.19. The fraction of sp³-hybridized carbons (Fsp3) is 0.619. The Morgan fingerprint density at radius 2 is 1.96 bits per heavy atom. The molecule has 152 valence electrons. The van der Waals surface area contributed by atoms with E-state index in [0.29, 0.717) is 12.5 Å². The standard InChI is InChI=1S/C21H36N4O2/c1-9-16(3)24-20(23-14-19(26)25(7)8)22-13-17-11-10-15(2)12-18(17)27-21(4,5)6/h10-12,16H,9,13-14H2,1-8H3,(H2,22,23,24). The Bertz CT molecular complexity index is 648. The third-order valence-electron chi connectivity index (χ3n) is 3.95. The molecular weight excluding hydrogens is 340 g/mol. The van der Waals surface area contributed by atoms with Crippen LogP contribution in [-0.2, 0) is 11.3 Å². The molecule has 0 aliphatic carbocycles. The van der Waals surface area contributed by atoms with Crippen LogP contribution in [0.3, 0.4) is 0 Å². The normalized spacial score (nSPS) is 13.1. The molecule has 1 unspecified atom stereocenters. The first kappa shape index (κ1) is 22.8. The summed E-state index contributed by atoms with van der Waals surface area (Å²) in [4.78, 5) is 18.1. The van der Waals surface area contributed by atoms with Crippen molar-refractivity contribution in [1.29, 1.82) is 0 Å².